The third-order valence-electron chi connectivity index (χ3n) is 8.42. The molecule has 2 amide bonds. The molecule has 3 aromatic rings. The minimum Gasteiger partial charge on any atom is -0.443 e. The number of esters is 1. The second-order valence-corrected chi connectivity index (χ2v) is 11.9. The monoisotopic (exact) mass is 661 g/mol. The first-order chi connectivity index (χ1) is 23.3. The van der Waals surface area contributed by atoms with Crippen molar-refractivity contribution in [2.24, 2.45) is 0 Å². The Morgan fingerprint density at radius 3 is 2.25 bits per heavy atom. The lowest BCUT2D eigenvalue weighted by Gasteiger charge is -2.33. The van der Waals surface area contributed by atoms with Gasteiger partial charge in [0.1, 0.15) is 5.82 Å². The van der Waals surface area contributed by atoms with E-state index in [9.17, 15) is 28.4 Å². The third-order valence-corrected chi connectivity index (χ3v) is 8.42. The Balaban J connectivity index is 1.26. The van der Waals surface area contributed by atoms with Gasteiger partial charge in [-0.15, -0.1) is 0 Å². The van der Waals surface area contributed by atoms with E-state index in [0.29, 0.717) is 54.3 Å². The summed E-state index contributed by atoms with van der Waals surface area (Å²) in [6.45, 7) is 4.56. The Kier molecular flexibility index (Phi) is 11.8. The lowest BCUT2D eigenvalue weighted by molar-refractivity contribution is -0.162. The van der Waals surface area contributed by atoms with Gasteiger partial charge in [0.25, 0.3) is 11.8 Å². The highest BCUT2D eigenvalue weighted by atomic mass is 19.1. The van der Waals surface area contributed by atoms with Crippen molar-refractivity contribution in [3.05, 3.63) is 77.3 Å². The molecule has 48 heavy (non-hydrogen) atoms. The van der Waals surface area contributed by atoms with E-state index in [0.717, 1.165) is 31.4 Å². The summed E-state index contributed by atoms with van der Waals surface area (Å²) in [5.74, 6) is -4.30. The van der Waals surface area contributed by atoms with Gasteiger partial charge in [-0.1, -0.05) is 62.6 Å². The number of ether oxygens (including phenoxy) is 1. The lowest BCUT2D eigenvalue weighted by Crippen LogP contribution is -2.50. The maximum atomic E-state index is 14.3. The Morgan fingerprint density at radius 1 is 0.917 bits per heavy atom. The Bertz CT molecular complexity index is 1660. The van der Waals surface area contributed by atoms with Gasteiger partial charge in [-0.25, -0.2) is 14.0 Å². The van der Waals surface area contributed by atoms with Crippen molar-refractivity contribution in [3.8, 4) is 0 Å². The number of halogens is 1. The van der Waals surface area contributed by atoms with Gasteiger partial charge in [0.05, 0.1) is 22.3 Å². The number of carbonyl (C=O) groups excluding carboxylic acids is 5. The molecule has 3 heterocycles. The molecule has 1 atom stereocenters. The predicted molar refractivity (Wildman–Crippen MR) is 173 cm³/mol. The van der Waals surface area contributed by atoms with Crippen molar-refractivity contribution in [2.75, 3.05) is 26.2 Å². The highest BCUT2D eigenvalue weighted by Crippen LogP contribution is 2.25. The van der Waals surface area contributed by atoms with Crippen LogP contribution >= 0.6 is 0 Å². The number of benzene rings is 2. The van der Waals surface area contributed by atoms with Crippen LogP contribution in [0.3, 0.4) is 0 Å². The Labute approximate surface area is 277 Å². The number of carbonyl (C=O) groups is 5. The maximum Gasteiger partial charge on any atom is 0.357 e. The van der Waals surface area contributed by atoms with Crippen LogP contribution in [0.2, 0.25) is 0 Å². The average molecular weight is 662 g/mol. The van der Waals surface area contributed by atoms with Crippen molar-refractivity contribution in [1.82, 2.24) is 25.1 Å². The number of nitrogens with zero attached hydrogens (tertiary/aromatic N) is 4. The minimum absolute atomic E-state index is 0.0961. The summed E-state index contributed by atoms with van der Waals surface area (Å²) in [5, 5.41) is 8.75. The molecule has 2 aliphatic rings. The molecule has 5 rings (SSSR count). The number of hydrogen-bond acceptors (Lipinski definition) is 10. The van der Waals surface area contributed by atoms with Crippen LogP contribution < -0.4 is 5.32 Å². The third kappa shape index (κ3) is 8.39. The van der Waals surface area contributed by atoms with Gasteiger partial charge in [-0.2, -0.15) is 9.78 Å². The van der Waals surface area contributed by atoms with Crippen molar-refractivity contribution in [3.63, 3.8) is 0 Å². The first kappa shape index (κ1) is 34.6. The van der Waals surface area contributed by atoms with E-state index in [-0.39, 0.29) is 29.9 Å². The smallest absolute Gasteiger partial charge is 0.357 e. The number of unbranched alkanes of at least 4 members (excludes halogenated alkanes) is 6. The van der Waals surface area contributed by atoms with Gasteiger partial charge in [-0.3, -0.25) is 19.3 Å². The van der Waals surface area contributed by atoms with E-state index in [1.54, 1.807) is 18.2 Å². The van der Waals surface area contributed by atoms with E-state index in [1.807, 2.05) is 4.90 Å². The van der Waals surface area contributed by atoms with Crippen LogP contribution in [0.1, 0.15) is 89.5 Å². The van der Waals surface area contributed by atoms with E-state index in [1.165, 1.54) is 48.2 Å². The Morgan fingerprint density at radius 2 is 1.56 bits per heavy atom. The van der Waals surface area contributed by atoms with Crippen LogP contribution in [0.15, 0.2) is 54.6 Å². The SMILES string of the molecule is CCCCCCCCCC(=O)n1nc(CC(OC(=O)/C=C\C(=O)ON2C(=O)c3ccccc3C2=O)N2CCNCC2)c2ccc(F)cc21. The molecule has 1 saturated heterocycles. The van der Waals surface area contributed by atoms with E-state index in [2.05, 4.69) is 17.3 Å². The van der Waals surface area contributed by atoms with Crippen LogP contribution in [0, 0.1) is 5.82 Å². The number of nitrogens with one attached hydrogen (secondary N) is 1. The van der Waals surface area contributed by atoms with Gasteiger partial charge in [-0.05, 0) is 30.7 Å². The number of amides is 2. The summed E-state index contributed by atoms with van der Waals surface area (Å²) in [7, 11) is 0. The molecular weight excluding hydrogens is 621 g/mol. The van der Waals surface area contributed by atoms with Gasteiger partial charge in [0.2, 0.25) is 5.91 Å². The fraction of sp³-hybridized carbons (Fsp3) is 0.429. The van der Waals surface area contributed by atoms with Gasteiger partial charge >= 0.3 is 11.9 Å². The number of fused-ring (bicyclic) bond motifs is 2. The average Bonchev–Trinajstić information content (AvgIpc) is 3.56. The molecule has 1 unspecified atom stereocenters. The number of hydroxylamine groups is 2. The lowest BCUT2D eigenvalue weighted by atomic mass is 10.1. The first-order valence-electron chi connectivity index (χ1n) is 16.5. The molecule has 1 fully saturated rings. The summed E-state index contributed by atoms with van der Waals surface area (Å²) in [6.07, 6.45) is 8.56. The van der Waals surface area contributed by atoms with Crippen LogP contribution in [0.5, 0.6) is 0 Å². The molecule has 13 heteroatoms. The van der Waals surface area contributed by atoms with Crippen LogP contribution in [-0.4, -0.2) is 81.8 Å². The van der Waals surface area contributed by atoms with Crippen LogP contribution in [-0.2, 0) is 25.6 Å². The fourth-order valence-electron chi connectivity index (χ4n) is 5.89. The summed E-state index contributed by atoms with van der Waals surface area (Å²) < 4.78 is 21.4. The zero-order chi connectivity index (χ0) is 34.0. The maximum absolute atomic E-state index is 14.3. The molecule has 0 saturated carbocycles. The largest absolute Gasteiger partial charge is 0.443 e. The van der Waals surface area contributed by atoms with E-state index < -0.39 is 35.8 Å². The number of aromatic nitrogens is 2. The quantitative estimate of drug-likeness (QED) is 0.107. The standard InChI is InChI=1S/C35H40FN5O7/c1-2-3-4-5-6-7-8-13-30(42)40-29-22-24(36)14-15-27(29)28(38-40)23-31(39-20-18-37-19-21-39)47-32(43)16-17-33(44)48-41-34(45)25-11-9-10-12-26(25)35(41)46/h9-12,14-17,22,31,37H,2-8,13,18-21,23H2,1H3/b17-16-. The molecule has 0 aliphatic carbocycles. The molecule has 254 valence electrons. The predicted octanol–water partition coefficient (Wildman–Crippen LogP) is 4.58. The second-order valence-electron chi connectivity index (χ2n) is 11.9. The van der Waals surface area contributed by atoms with Gasteiger partial charge in [0.15, 0.2) is 6.23 Å². The highest BCUT2D eigenvalue weighted by Gasteiger charge is 2.38. The summed E-state index contributed by atoms with van der Waals surface area (Å²) in [6, 6.07) is 10.2. The Hall–Kier alpha value is -4.75. The normalized spacial score (nSPS) is 15.7. The zero-order valence-corrected chi connectivity index (χ0v) is 27.0. The first-order valence-corrected chi connectivity index (χ1v) is 16.5. The number of rotatable bonds is 15. The molecule has 0 spiro atoms. The number of imide groups is 1. The summed E-state index contributed by atoms with van der Waals surface area (Å²) >= 11 is 0. The second kappa shape index (κ2) is 16.4. The van der Waals surface area contributed by atoms with Crippen molar-refractivity contribution in [1.29, 1.82) is 0 Å². The molecule has 2 aromatic carbocycles. The van der Waals surface area contributed by atoms with Crippen LogP contribution in [0.4, 0.5) is 4.39 Å². The van der Waals surface area contributed by atoms with E-state index in [4.69, 9.17) is 9.57 Å². The van der Waals surface area contributed by atoms with Gasteiger partial charge in [0, 0.05) is 62.6 Å². The molecule has 1 aromatic heterocycles. The molecule has 0 radical (unpaired) electrons. The molecular formula is C35H40FN5O7. The number of hydrogen-bond donors (Lipinski definition) is 1. The zero-order valence-electron chi connectivity index (χ0n) is 27.0. The van der Waals surface area contributed by atoms with Crippen molar-refractivity contribution in [2.45, 2.75) is 70.9 Å². The van der Waals surface area contributed by atoms with Gasteiger partial charge < -0.3 is 14.9 Å². The molecule has 12 nitrogen and oxygen atoms in total. The molecule has 2 aliphatic heterocycles. The number of piperazine rings is 1. The molecule has 0 bridgehead atoms. The summed E-state index contributed by atoms with van der Waals surface area (Å²) in [4.78, 5) is 70.5. The highest BCUT2D eigenvalue weighted by molar-refractivity contribution is 6.21. The fourth-order valence-corrected chi connectivity index (χ4v) is 5.89. The van der Waals surface area contributed by atoms with Crippen molar-refractivity contribution >= 4 is 40.6 Å². The molecule has 1 N–H and O–H groups in total. The van der Waals surface area contributed by atoms with Crippen LogP contribution in [0.25, 0.3) is 10.9 Å². The van der Waals surface area contributed by atoms with Crippen molar-refractivity contribution < 1.29 is 37.9 Å². The van der Waals surface area contributed by atoms with E-state index >= 15 is 0 Å². The topological polar surface area (TPSA) is 140 Å². The summed E-state index contributed by atoms with van der Waals surface area (Å²) in [5.41, 5.74) is 1.02. The minimum atomic E-state index is -1.12.